The number of hydrogen-bond donors (Lipinski definition) is 2. The van der Waals surface area contributed by atoms with Crippen molar-refractivity contribution in [1.29, 1.82) is 0 Å². The highest BCUT2D eigenvalue weighted by molar-refractivity contribution is 7.91. The maximum atomic E-state index is 12.3. The first-order chi connectivity index (χ1) is 8.43. The Balaban J connectivity index is 3.04. The molecule has 0 saturated carbocycles. The molecule has 0 fully saturated rings. The second-order valence-corrected chi connectivity index (χ2v) is 6.71. The molecule has 0 aromatic carbocycles. The van der Waals surface area contributed by atoms with E-state index in [9.17, 15) is 8.42 Å². The third-order valence-electron chi connectivity index (χ3n) is 2.24. The number of nitrogens with two attached hydrogens (primary N) is 1. The van der Waals surface area contributed by atoms with Crippen LogP contribution in [0.25, 0.3) is 0 Å². The Bertz CT molecular complexity index is 486. The van der Waals surface area contributed by atoms with E-state index in [1.54, 1.807) is 6.92 Å². The lowest BCUT2D eigenvalue weighted by molar-refractivity contribution is 0.168. The number of aryl methyl sites for hydroxylation is 1. The summed E-state index contributed by atoms with van der Waals surface area (Å²) >= 11 is 0.924. The Labute approximate surface area is 110 Å². The van der Waals surface area contributed by atoms with Crippen molar-refractivity contribution in [2.24, 2.45) is 0 Å². The molecule has 3 N–H and O–H groups in total. The van der Waals surface area contributed by atoms with Crippen LogP contribution in [0.5, 0.6) is 0 Å². The van der Waals surface area contributed by atoms with Crippen molar-refractivity contribution in [3.63, 3.8) is 0 Å². The molecule has 0 aliphatic heterocycles. The normalized spacial score (nSPS) is 12.2. The summed E-state index contributed by atoms with van der Waals surface area (Å²) < 4.78 is 30.8. The first kappa shape index (κ1) is 15.3. The number of sulfonamides is 1. The van der Waals surface area contributed by atoms with Gasteiger partial charge in [0.05, 0.1) is 18.9 Å². The average Bonchev–Trinajstić information content (AvgIpc) is 2.64. The number of aliphatic hydroxyl groups excluding tert-OH is 1. The van der Waals surface area contributed by atoms with Gasteiger partial charge in [-0.1, -0.05) is 11.3 Å². The minimum Gasteiger partial charge on any atom is -0.395 e. The highest BCUT2D eigenvalue weighted by Crippen LogP contribution is 2.27. The van der Waals surface area contributed by atoms with E-state index in [2.05, 4.69) is 4.98 Å². The summed E-state index contributed by atoms with van der Waals surface area (Å²) in [7, 11) is -2.19. The smallest absolute Gasteiger partial charge is 0.254 e. The Morgan fingerprint density at radius 1 is 1.50 bits per heavy atom. The quantitative estimate of drug-likeness (QED) is 0.713. The van der Waals surface area contributed by atoms with Crippen molar-refractivity contribution in [2.75, 3.05) is 39.1 Å². The predicted molar refractivity (Wildman–Crippen MR) is 69.0 cm³/mol. The predicted octanol–water partition coefficient (Wildman–Crippen LogP) is -0.337. The largest absolute Gasteiger partial charge is 0.395 e. The topological polar surface area (TPSA) is 106 Å². The van der Waals surface area contributed by atoms with Crippen molar-refractivity contribution < 1.29 is 18.3 Å². The molecule has 0 aliphatic rings. The van der Waals surface area contributed by atoms with E-state index in [-0.39, 0.29) is 35.6 Å². The number of thiazole rings is 1. The fourth-order valence-corrected chi connectivity index (χ4v) is 4.27. The Morgan fingerprint density at radius 2 is 2.17 bits per heavy atom. The van der Waals surface area contributed by atoms with E-state index >= 15 is 0 Å². The molecular formula is C9H17N3O4S2. The first-order valence-electron chi connectivity index (χ1n) is 5.26. The first-order valence-corrected chi connectivity index (χ1v) is 7.52. The summed E-state index contributed by atoms with van der Waals surface area (Å²) in [5.74, 6) is 0. The summed E-state index contributed by atoms with van der Waals surface area (Å²) in [6.45, 7) is 1.79. The zero-order valence-corrected chi connectivity index (χ0v) is 11.9. The number of hydrogen-bond acceptors (Lipinski definition) is 7. The number of nitrogen functional groups attached to an aromatic ring is 1. The van der Waals surface area contributed by atoms with Gasteiger partial charge in [-0.05, 0) is 6.92 Å². The maximum absolute atomic E-state index is 12.3. The third kappa shape index (κ3) is 3.39. The Morgan fingerprint density at radius 3 is 2.61 bits per heavy atom. The van der Waals surface area contributed by atoms with Gasteiger partial charge in [0.25, 0.3) is 10.0 Å². The highest BCUT2D eigenvalue weighted by atomic mass is 32.2. The SMILES string of the molecule is COCCN(CCO)S(=O)(=O)c1sc(N)nc1C. The molecular weight excluding hydrogens is 278 g/mol. The molecule has 0 bridgehead atoms. The van der Waals surface area contributed by atoms with Crippen molar-refractivity contribution in [2.45, 2.75) is 11.1 Å². The molecule has 0 aliphatic carbocycles. The molecule has 1 aromatic rings. The standard InChI is InChI=1S/C9H17N3O4S2/c1-7-8(17-9(10)11-7)18(14,15)12(3-5-13)4-6-16-2/h13H,3-6H2,1-2H3,(H2,10,11). The molecule has 0 unspecified atom stereocenters. The second kappa shape index (κ2) is 6.43. The molecule has 0 atom stereocenters. The molecule has 18 heavy (non-hydrogen) atoms. The molecule has 0 spiro atoms. The lowest BCUT2D eigenvalue weighted by Gasteiger charge is -2.20. The monoisotopic (exact) mass is 295 g/mol. The molecule has 1 heterocycles. The van der Waals surface area contributed by atoms with Gasteiger partial charge < -0.3 is 15.6 Å². The fourth-order valence-electron chi connectivity index (χ4n) is 1.42. The molecule has 104 valence electrons. The summed E-state index contributed by atoms with van der Waals surface area (Å²) in [4.78, 5) is 3.90. The van der Waals surface area contributed by atoms with Crippen LogP contribution in [0.3, 0.4) is 0 Å². The van der Waals surface area contributed by atoms with Crippen molar-refractivity contribution in [3.8, 4) is 0 Å². The molecule has 7 nitrogen and oxygen atoms in total. The lowest BCUT2D eigenvalue weighted by atomic mass is 10.6. The molecule has 1 rings (SSSR count). The highest BCUT2D eigenvalue weighted by Gasteiger charge is 2.28. The average molecular weight is 295 g/mol. The molecule has 0 amide bonds. The van der Waals surface area contributed by atoms with Crippen LogP contribution in [0.2, 0.25) is 0 Å². The van der Waals surface area contributed by atoms with Gasteiger partial charge in [-0.2, -0.15) is 4.31 Å². The fraction of sp³-hybridized carbons (Fsp3) is 0.667. The van der Waals surface area contributed by atoms with Crippen LogP contribution in [0.15, 0.2) is 4.21 Å². The van der Waals surface area contributed by atoms with Gasteiger partial charge >= 0.3 is 0 Å². The van der Waals surface area contributed by atoms with Gasteiger partial charge in [-0.15, -0.1) is 0 Å². The van der Waals surface area contributed by atoms with Crippen LogP contribution in [0.4, 0.5) is 5.13 Å². The number of methoxy groups -OCH3 is 1. The van der Waals surface area contributed by atoms with E-state index in [4.69, 9.17) is 15.6 Å². The van der Waals surface area contributed by atoms with Gasteiger partial charge in [-0.25, -0.2) is 13.4 Å². The van der Waals surface area contributed by atoms with Crippen LogP contribution < -0.4 is 5.73 Å². The minimum atomic E-state index is -3.68. The van der Waals surface area contributed by atoms with E-state index in [0.717, 1.165) is 15.6 Å². The Kier molecular flexibility index (Phi) is 5.47. The van der Waals surface area contributed by atoms with Crippen LogP contribution in [-0.4, -0.2) is 56.2 Å². The van der Waals surface area contributed by atoms with Crippen LogP contribution in [0.1, 0.15) is 5.69 Å². The number of aliphatic hydroxyl groups is 1. The van der Waals surface area contributed by atoms with Gasteiger partial charge in [0.1, 0.15) is 0 Å². The molecule has 9 heteroatoms. The minimum absolute atomic E-state index is 0.0168. The molecule has 0 radical (unpaired) electrons. The van der Waals surface area contributed by atoms with Gasteiger partial charge in [0.2, 0.25) is 0 Å². The zero-order valence-electron chi connectivity index (χ0n) is 10.3. The second-order valence-electron chi connectivity index (χ2n) is 3.55. The number of anilines is 1. The van der Waals surface area contributed by atoms with Crippen molar-refractivity contribution in [3.05, 3.63) is 5.69 Å². The zero-order chi connectivity index (χ0) is 13.8. The number of ether oxygens (including phenoxy) is 1. The summed E-state index contributed by atoms with van der Waals surface area (Å²) in [5.41, 5.74) is 5.87. The lowest BCUT2D eigenvalue weighted by Crippen LogP contribution is -2.36. The van der Waals surface area contributed by atoms with E-state index in [0.29, 0.717) is 5.69 Å². The van der Waals surface area contributed by atoms with Crippen LogP contribution in [-0.2, 0) is 14.8 Å². The van der Waals surface area contributed by atoms with Crippen molar-refractivity contribution >= 4 is 26.5 Å². The van der Waals surface area contributed by atoms with E-state index in [1.165, 1.54) is 7.11 Å². The third-order valence-corrected chi connectivity index (χ3v) is 5.71. The van der Waals surface area contributed by atoms with Gasteiger partial charge in [-0.3, -0.25) is 0 Å². The summed E-state index contributed by atoms with van der Waals surface area (Å²) in [5, 5.41) is 9.15. The van der Waals surface area contributed by atoms with E-state index < -0.39 is 10.0 Å². The van der Waals surface area contributed by atoms with Crippen LogP contribution in [0, 0.1) is 6.92 Å². The number of aromatic nitrogens is 1. The molecule has 0 saturated heterocycles. The maximum Gasteiger partial charge on any atom is 0.254 e. The van der Waals surface area contributed by atoms with Crippen LogP contribution >= 0.6 is 11.3 Å². The summed E-state index contributed by atoms with van der Waals surface area (Å²) in [6, 6.07) is 0. The van der Waals surface area contributed by atoms with Gasteiger partial charge in [0, 0.05) is 20.2 Å². The van der Waals surface area contributed by atoms with Gasteiger partial charge in [0.15, 0.2) is 9.34 Å². The van der Waals surface area contributed by atoms with Crippen molar-refractivity contribution in [1.82, 2.24) is 9.29 Å². The Hall–Kier alpha value is -0.740. The number of rotatable bonds is 7. The molecule has 1 aromatic heterocycles. The van der Waals surface area contributed by atoms with E-state index in [1.807, 2.05) is 0 Å². The number of nitrogens with zero attached hydrogens (tertiary/aromatic N) is 2. The summed E-state index contributed by atoms with van der Waals surface area (Å²) in [6.07, 6.45) is 0.